The molecule has 3 saturated heterocycles. The van der Waals surface area contributed by atoms with E-state index in [1.54, 1.807) is 4.31 Å². The van der Waals surface area contributed by atoms with E-state index in [9.17, 15) is 8.42 Å². The normalized spacial score (nSPS) is 27.7. The standard InChI is InChI=1S/C23H37N5O2S.HI/c1-24-23(25-16-18-10-12-27(13-11-18)31(2,29)30)26-20-14-21-8-9-22(15-20)28(21)17-19-6-4-3-5-7-19;/h3-7,18,20-22H,8-17H2,1-2H3,(H2,24,25,26);1H. The molecule has 2 N–H and O–H groups in total. The molecule has 2 atom stereocenters. The Balaban J connectivity index is 0.00000289. The minimum atomic E-state index is -3.06. The third kappa shape index (κ3) is 6.57. The first kappa shape index (κ1) is 25.7. The van der Waals surface area contributed by atoms with Crippen LogP contribution in [0, 0.1) is 5.92 Å². The number of guanidine groups is 1. The van der Waals surface area contributed by atoms with Gasteiger partial charge in [-0.25, -0.2) is 12.7 Å². The lowest BCUT2D eigenvalue weighted by molar-refractivity contribution is 0.114. The summed E-state index contributed by atoms with van der Waals surface area (Å²) in [5.41, 5.74) is 1.41. The van der Waals surface area contributed by atoms with Crippen LogP contribution in [0.3, 0.4) is 0 Å². The number of sulfonamides is 1. The van der Waals surface area contributed by atoms with E-state index in [1.807, 2.05) is 7.05 Å². The fourth-order valence-corrected chi connectivity index (χ4v) is 6.39. The molecule has 7 nitrogen and oxygen atoms in total. The largest absolute Gasteiger partial charge is 0.356 e. The predicted molar refractivity (Wildman–Crippen MR) is 141 cm³/mol. The summed E-state index contributed by atoms with van der Waals surface area (Å²) < 4.78 is 25.0. The van der Waals surface area contributed by atoms with Gasteiger partial charge >= 0.3 is 0 Å². The van der Waals surface area contributed by atoms with Crippen LogP contribution >= 0.6 is 24.0 Å². The molecule has 0 aliphatic carbocycles. The van der Waals surface area contributed by atoms with Crippen molar-refractivity contribution in [2.45, 2.75) is 63.2 Å². The van der Waals surface area contributed by atoms with Crippen molar-refractivity contribution in [1.82, 2.24) is 19.8 Å². The average Bonchev–Trinajstić information content (AvgIpc) is 2.99. The van der Waals surface area contributed by atoms with Crippen molar-refractivity contribution >= 4 is 40.0 Å². The van der Waals surface area contributed by atoms with Crippen molar-refractivity contribution < 1.29 is 8.42 Å². The molecule has 1 aromatic carbocycles. The van der Waals surface area contributed by atoms with E-state index < -0.39 is 10.0 Å². The van der Waals surface area contributed by atoms with Crippen LogP contribution in [0.1, 0.15) is 44.1 Å². The maximum atomic E-state index is 11.7. The van der Waals surface area contributed by atoms with Crippen LogP contribution in [0.5, 0.6) is 0 Å². The summed E-state index contributed by atoms with van der Waals surface area (Å²) in [6, 6.07) is 12.6. The van der Waals surface area contributed by atoms with Gasteiger partial charge in [-0.2, -0.15) is 0 Å². The van der Waals surface area contributed by atoms with Gasteiger partial charge in [0.05, 0.1) is 6.26 Å². The third-order valence-corrected chi connectivity index (χ3v) is 8.56. The van der Waals surface area contributed by atoms with Crippen molar-refractivity contribution in [3.8, 4) is 0 Å². The van der Waals surface area contributed by atoms with E-state index in [-0.39, 0.29) is 24.0 Å². The molecule has 9 heteroatoms. The highest BCUT2D eigenvalue weighted by atomic mass is 127. The lowest BCUT2D eigenvalue weighted by Crippen LogP contribution is -2.53. The Morgan fingerprint density at radius 1 is 1.06 bits per heavy atom. The summed E-state index contributed by atoms with van der Waals surface area (Å²) in [5, 5.41) is 7.17. The molecular weight excluding hydrogens is 537 g/mol. The van der Waals surface area contributed by atoms with Crippen LogP contribution in [0.25, 0.3) is 0 Å². The molecule has 4 rings (SSSR count). The highest BCUT2D eigenvalue weighted by Crippen LogP contribution is 2.36. The van der Waals surface area contributed by atoms with Gasteiger partial charge < -0.3 is 10.6 Å². The maximum absolute atomic E-state index is 11.7. The number of nitrogens with one attached hydrogen (secondary N) is 2. The highest BCUT2D eigenvalue weighted by molar-refractivity contribution is 14.0. The number of fused-ring (bicyclic) bond motifs is 2. The Kier molecular flexibility index (Phi) is 9.23. The molecule has 0 saturated carbocycles. The highest BCUT2D eigenvalue weighted by Gasteiger charge is 2.40. The van der Waals surface area contributed by atoms with Gasteiger partial charge in [0, 0.05) is 51.4 Å². The second-order valence-electron chi connectivity index (χ2n) is 9.41. The summed E-state index contributed by atoms with van der Waals surface area (Å²) in [6.07, 6.45) is 8.02. The molecule has 32 heavy (non-hydrogen) atoms. The topological polar surface area (TPSA) is 77.0 Å². The molecule has 0 aromatic heterocycles. The molecule has 1 aromatic rings. The summed E-state index contributed by atoms with van der Waals surface area (Å²) in [4.78, 5) is 7.16. The SMILES string of the molecule is CN=C(NCC1CCN(S(C)(=O)=O)CC1)NC1CC2CCC(C1)N2Cc1ccccc1.I. The van der Waals surface area contributed by atoms with Crippen LogP contribution in [-0.4, -0.2) is 74.6 Å². The molecule has 0 amide bonds. The van der Waals surface area contributed by atoms with Crippen molar-refractivity contribution in [2.24, 2.45) is 10.9 Å². The first-order valence-corrected chi connectivity index (χ1v) is 13.5. The van der Waals surface area contributed by atoms with Crippen LogP contribution < -0.4 is 10.6 Å². The summed E-state index contributed by atoms with van der Waals surface area (Å²) in [7, 11) is -1.23. The second kappa shape index (κ2) is 11.5. The zero-order valence-electron chi connectivity index (χ0n) is 19.2. The number of hydrogen-bond acceptors (Lipinski definition) is 4. The van der Waals surface area contributed by atoms with E-state index in [1.165, 1.54) is 24.7 Å². The van der Waals surface area contributed by atoms with Gasteiger partial charge in [-0.05, 0) is 50.0 Å². The van der Waals surface area contributed by atoms with Crippen molar-refractivity contribution in [3.63, 3.8) is 0 Å². The lowest BCUT2D eigenvalue weighted by Gasteiger charge is -2.39. The monoisotopic (exact) mass is 575 g/mol. The number of nitrogens with zero attached hydrogens (tertiary/aromatic N) is 3. The minimum Gasteiger partial charge on any atom is -0.356 e. The fourth-order valence-electron chi connectivity index (χ4n) is 5.52. The molecule has 180 valence electrons. The third-order valence-electron chi connectivity index (χ3n) is 7.26. The first-order valence-electron chi connectivity index (χ1n) is 11.6. The number of hydrogen-bond donors (Lipinski definition) is 2. The molecule has 2 bridgehead atoms. The van der Waals surface area contributed by atoms with Gasteiger partial charge in [0.1, 0.15) is 0 Å². The lowest BCUT2D eigenvalue weighted by atomic mass is 9.96. The first-order chi connectivity index (χ1) is 14.9. The molecule has 0 radical (unpaired) electrons. The van der Waals surface area contributed by atoms with Crippen molar-refractivity contribution in [1.29, 1.82) is 0 Å². The number of aliphatic imine (C=N–C) groups is 1. The smallest absolute Gasteiger partial charge is 0.211 e. The maximum Gasteiger partial charge on any atom is 0.211 e. The van der Waals surface area contributed by atoms with E-state index in [2.05, 4.69) is 50.9 Å². The Bertz CT molecular complexity index is 844. The van der Waals surface area contributed by atoms with Gasteiger partial charge in [-0.1, -0.05) is 30.3 Å². The number of piperidine rings is 2. The van der Waals surface area contributed by atoms with Crippen LogP contribution in [0.2, 0.25) is 0 Å². The van der Waals surface area contributed by atoms with Gasteiger partial charge in [0.15, 0.2) is 5.96 Å². The molecule has 3 fully saturated rings. The molecule has 0 spiro atoms. The Labute approximate surface area is 210 Å². The summed E-state index contributed by atoms with van der Waals surface area (Å²) in [6.45, 7) is 3.15. The Hall–Kier alpha value is -0.910. The Morgan fingerprint density at radius 3 is 2.25 bits per heavy atom. The van der Waals surface area contributed by atoms with Crippen molar-refractivity contribution in [2.75, 3.05) is 32.9 Å². The van der Waals surface area contributed by atoms with E-state index >= 15 is 0 Å². The van der Waals surface area contributed by atoms with Crippen LogP contribution in [0.15, 0.2) is 35.3 Å². The summed E-state index contributed by atoms with van der Waals surface area (Å²) >= 11 is 0. The Morgan fingerprint density at radius 2 is 1.69 bits per heavy atom. The quantitative estimate of drug-likeness (QED) is 0.310. The van der Waals surface area contributed by atoms with Gasteiger partial charge in [0.25, 0.3) is 0 Å². The second-order valence-corrected chi connectivity index (χ2v) is 11.4. The van der Waals surface area contributed by atoms with E-state index in [0.717, 1.165) is 44.7 Å². The molecular formula is C23H38IN5O2S. The summed E-state index contributed by atoms with van der Waals surface area (Å²) in [5.74, 6) is 1.37. The van der Waals surface area contributed by atoms with Gasteiger partial charge in [-0.3, -0.25) is 9.89 Å². The minimum absolute atomic E-state index is 0. The number of halogens is 1. The van der Waals surface area contributed by atoms with E-state index in [4.69, 9.17) is 0 Å². The average molecular weight is 576 g/mol. The van der Waals surface area contributed by atoms with Gasteiger partial charge in [0.2, 0.25) is 10.0 Å². The van der Waals surface area contributed by atoms with E-state index in [0.29, 0.717) is 37.1 Å². The number of rotatable bonds is 6. The van der Waals surface area contributed by atoms with Crippen LogP contribution in [-0.2, 0) is 16.6 Å². The number of benzene rings is 1. The molecule has 3 aliphatic heterocycles. The molecule has 2 unspecified atom stereocenters. The molecule has 3 aliphatic rings. The van der Waals surface area contributed by atoms with Crippen molar-refractivity contribution in [3.05, 3.63) is 35.9 Å². The molecule has 3 heterocycles. The zero-order chi connectivity index (χ0) is 21.8. The van der Waals surface area contributed by atoms with Gasteiger partial charge in [-0.15, -0.1) is 24.0 Å². The van der Waals surface area contributed by atoms with Crippen LogP contribution in [0.4, 0.5) is 0 Å². The predicted octanol–water partition coefficient (Wildman–Crippen LogP) is 2.64. The fraction of sp³-hybridized carbons (Fsp3) is 0.696. The zero-order valence-corrected chi connectivity index (χ0v) is 22.4.